The Labute approximate surface area is 264 Å². The van der Waals surface area contributed by atoms with Gasteiger partial charge in [0.15, 0.2) is 6.29 Å². The SMILES string of the molecule is COC1CC(O[C@H]2O[C@H](CO)[C@](O)(CCC3CCNC(N)C3)[C@H](O)[C@H]2O)C2C(=O)C3C(O)CC(CCCCO)CC3C(=O)C2C1. The number of rotatable bonds is 11. The highest BCUT2D eigenvalue weighted by molar-refractivity contribution is 6.00. The number of aliphatic hydroxyl groups is 6. The van der Waals surface area contributed by atoms with Crippen LogP contribution in [0.4, 0.5) is 0 Å². The maximum absolute atomic E-state index is 14.1. The molecule has 2 aliphatic heterocycles. The maximum Gasteiger partial charge on any atom is 0.187 e. The number of carbonyl (C=O) groups is 2. The fraction of sp³-hybridized carbons (Fsp3) is 0.938. The van der Waals surface area contributed by atoms with Crippen molar-refractivity contribution < 1.29 is 54.4 Å². The molecule has 0 bridgehead atoms. The van der Waals surface area contributed by atoms with Crippen LogP contribution in [0.15, 0.2) is 0 Å². The smallest absolute Gasteiger partial charge is 0.187 e. The lowest BCUT2D eigenvalue weighted by Gasteiger charge is -2.52. The Hall–Kier alpha value is -1.10. The van der Waals surface area contributed by atoms with Gasteiger partial charge in [0.1, 0.15) is 35.5 Å². The van der Waals surface area contributed by atoms with Crippen LogP contribution in [0.1, 0.15) is 70.6 Å². The number of carbonyl (C=O) groups excluding carboxylic acids is 2. The second-order valence-corrected chi connectivity index (χ2v) is 14.3. The van der Waals surface area contributed by atoms with Crippen LogP contribution >= 0.6 is 0 Å². The molecule has 13 heteroatoms. The number of nitrogens with two attached hydrogens (primary N) is 1. The number of ether oxygens (including phenoxy) is 3. The topological polar surface area (TPSA) is 221 Å². The molecule has 13 nitrogen and oxygen atoms in total. The van der Waals surface area contributed by atoms with E-state index in [1.807, 2.05) is 0 Å². The molecular weight excluding hydrogens is 588 g/mol. The van der Waals surface area contributed by atoms with E-state index in [4.69, 9.17) is 25.1 Å². The highest BCUT2D eigenvalue weighted by Gasteiger charge is 2.60. The Kier molecular flexibility index (Phi) is 11.7. The van der Waals surface area contributed by atoms with E-state index in [2.05, 4.69) is 5.32 Å². The standard InChI is InChI=1S/C32H54N2O11/c1-43-18-13-20-26(28(39)25-19(27(20)38)10-17(11-21(25)37)4-2-3-9-35)22(14-18)44-31-29(40)30(41)32(42,23(15-36)45-31)7-5-16-6-8-34-24(33)12-16/h16-26,29-31,34-37,40-42H,2-15,33H2,1H3/t16?,17?,18?,19?,20?,21?,22?,23-,24?,25?,26?,29-,30-,31+,32-/m1/s1. The molecule has 258 valence electrons. The lowest BCUT2D eigenvalue weighted by Crippen LogP contribution is -2.68. The normalized spacial score (nSPS) is 47.3. The van der Waals surface area contributed by atoms with Crippen LogP contribution in [0, 0.1) is 35.5 Å². The first-order valence-electron chi connectivity index (χ1n) is 16.9. The number of nitrogens with one attached hydrogen (secondary N) is 1. The quantitative estimate of drug-likeness (QED) is 0.126. The van der Waals surface area contributed by atoms with Crippen molar-refractivity contribution in [2.45, 2.75) is 125 Å². The van der Waals surface area contributed by atoms with Gasteiger partial charge >= 0.3 is 0 Å². The van der Waals surface area contributed by atoms with E-state index in [0.717, 1.165) is 25.8 Å². The predicted molar refractivity (Wildman–Crippen MR) is 159 cm³/mol. The van der Waals surface area contributed by atoms with Gasteiger partial charge in [-0.2, -0.15) is 0 Å². The number of Topliss-reactive ketones (excluding diaryl/α,β-unsaturated/α-hetero) is 2. The highest BCUT2D eigenvalue weighted by Crippen LogP contribution is 2.50. The van der Waals surface area contributed by atoms with E-state index in [1.165, 1.54) is 7.11 Å². The molecule has 45 heavy (non-hydrogen) atoms. The number of fused-ring (bicyclic) bond motifs is 2. The van der Waals surface area contributed by atoms with Crippen molar-refractivity contribution in [3.05, 3.63) is 0 Å². The van der Waals surface area contributed by atoms with Gasteiger partial charge in [0.2, 0.25) is 0 Å². The monoisotopic (exact) mass is 642 g/mol. The molecule has 10 unspecified atom stereocenters. The largest absolute Gasteiger partial charge is 0.396 e. The number of aliphatic hydroxyl groups excluding tert-OH is 5. The van der Waals surface area contributed by atoms with Crippen molar-refractivity contribution in [3.8, 4) is 0 Å². The van der Waals surface area contributed by atoms with Crippen molar-refractivity contribution in [2.75, 3.05) is 26.9 Å². The first kappa shape index (κ1) is 35.2. The van der Waals surface area contributed by atoms with E-state index in [1.54, 1.807) is 0 Å². The third kappa shape index (κ3) is 7.19. The Morgan fingerprint density at radius 2 is 1.71 bits per heavy atom. The minimum Gasteiger partial charge on any atom is -0.396 e. The van der Waals surface area contributed by atoms with Gasteiger partial charge in [0.05, 0.1) is 42.9 Å². The number of hydrogen-bond donors (Lipinski definition) is 8. The third-order valence-electron chi connectivity index (χ3n) is 11.5. The molecule has 5 aliphatic rings. The van der Waals surface area contributed by atoms with Gasteiger partial charge in [0.25, 0.3) is 0 Å². The van der Waals surface area contributed by atoms with Crippen LogP contribution in [-0.4, -0.2) is 124 Å². The molecule has 0 aromatic heterocycles. The van der Waals surface area contributed by atoms with E-state index < -0.39 is 78.8 Å². The number of methoxy groups -OCH3 is 1. The van der Waals surface area contributed by atoms with Crippen LogP contribution in [0.2, 0.25) is 0 Å². The van der Waals surface area contributed by atoms with Crippen molar-refractivity contribution >= 4 is 11.6 Å². The number of hydrogen-bond acceptors (Lipinski definition) is 13. The average Bonchev–Trinajstić information content (AvgIpc) is 3.02. The zero-order valence-corrected chi connectivity index (χ0v) is 26.3. The zero-order valence-electron chi connectivity index (χ0n) is 26.3. The first-order chi connectivity index (χ1) is 21.5. The van der Waals surface area contributed by atoms with Gasteiger partial charge in [-0.15, -0.1) is 0 Å². The molecule has 5 rings (SSSR count). The van der Waals surface area contributed by atoms with Gasteiger partial charge in [-0.25, -0.2) is 0 Å². The van der Waals surface area contributed by atoms with E-state index in [0.29, 0.717) is 38.5 Å². The Morgan fingerprint density at radius 1 is 0.956 bits per heavy atom. The molecule has 5 fully saturated rings. The summed E-state index contributed by atoms with van der Waals surface area (Å²) >= 11 is 0. The van der Waals surface area contributed by atoms with Crippen LogP contribution in [-0.2, 0) is 23.8 Å². The molecule has 9 N–H and O–H groups in total. The second-order valence-electron chi connectivity index (χ2n) is 14.3. The first-order valence-corrected chi connectivity index (χ1v) is 16.9. The van der Waals surface area contributed by atoms with Gasteiger partial charge in [-0.3, -0.25) is 9.59 Å². The summed E-state index contributed by atoms with van der Waals surface area (Å²) in [6, 6.07) is 0. The molecule has 0 radical (unpaired) electrons. The molecule has 3 aliphatic carbocycles. The Bertz CT molecular complexity index is 1020. The van der Waals surface area contributed by atoms with Crippen molar-refractivity contribution in [1.82, 2.24) is 5.32 Å². The number of ketones is 2. The van der Waals surface area contributed by atoms with Gasteiger partial charge < -0.3 is 55.9 Å². The summed E-state index contributed by atoms with van der Waals surface area (Å²) in [5.41, 5.74) is 4.07. The summed E-state index contributed by atoms with van der Waals surface area (Å²) in [5.74, 6) is -3.09. The molecule has 2 saturated heterocycles. The van der Waals surface area contributed by atoms with Gasteiger partial charge in [0, 0.05) is 32.0 Å². The van der Waals surface area contributed by atoms with Crippen molar-refractivity contribution in [1.29, 1.82) is 0 Å². The maximum atomic E-state index is 14.1. The van der Waals surface area contributed by atoms with E-state index >= 15 is 0 Å². The molecule has 0 aromatic carbocycles. The lowest BCUT2D eigenvalue weighted by atomic mass is 9.55. The summed E-state index contributed by atoms with van der Waals surface area (Å²) in [6.07, 6.45) is -2.83. The Balaban J connectivity index is 1.30. The van der Waals surface area contributed by atoms with Crippen molar-refractivity contribution in [2.24, 2.45) is 41.2 Å². The summed E-state index contributed by atoms with van der Waals surface area (Å²) in [4.78, 5) is 28.0. The zero-order chi connectivity index (χ0) is 32.5. The summed E-state index contributed by atoms with van der Waals surface area (Å²) in [6.45, 7) is 0.184. The molecule has 15 atom stereocenters. The Morgan fingerprint density at radius 3 is 2.40 bits per heavy atom. The number of piperidine rings is 1. The molecule has 3 saturated carbocycles. The second kappa shape index (κ2) is 15.0. The van der Waals surface area contributed by atoms with Crippen molar-refractivity contribution in [3.63, 3.8) is 0 Å². The fourth-order valence-corrected chi connectivity index (χ4v) is 9.04. The summed E-state index contributed by atoms with van der Waals surface area (Å²) in [5, 5.41) is 67.5. The van der Waals surface area contributed by atoms with Crippen LogP contribution in [0.25, 0.3) is 0 Å². The van der Waals surface area contributed by atoms with Crippen LogP contribution < -0.4 is 11.1 Å². The molecule has 0 aromatic rings. The van der Waals surface area contributed by atoms with Gasteiger partial charge in [-0.05, 0) is 69.7 Å². The molecular formula is C32H54N2O11. The van der Waals surface area contributed by atoms with E-state index in [9.17, 15) is 35.1 Å². The predicted octanol–water partition coefficient (Wildman–Crippen LogP) is -1.03. The van der Waals surface area contributed by atoms with E-state index in [-0.39, 0.29) is 49.0 Å². The number of unbranched alkanes of at least 4 members (excludes halogenated alkanes) is 1. The fourth-order valence-electron chi connectivity index (χ4n) is 9.04. The summed E-state index contributed by atoms with van der Waals surface area (Å²) in [7, 11) is 1.52. The lowest BCUT2D eigenvalue weighted by molar-refractivity contribution is -0.346. The molecule has 0 spiro atoms. The van der Waals surface area contributed by atoms with Crippen LogP contribution in [0.3, 0.4) is 0 Å². The van der Waals surface area contributed by atoms with Crippen LogP contribution in [0.5, 0.6) is 0 Å². The molecule has 0 amide bonds. The highest BCUT2D eigenvalue weighted by atomic mass is 16.7. The van der Waals surface area contributed by atoms with Gasteiger partial charge in [-0.1, -0.05) is 12.8 Å². The minimum atomic E-state index is -1.95. The third-order valence-corrected chi connectivity index (χ3v) is 11.5. The average molecular weight is 643 g/mol. The summed E-state index contributed by atoms with van der Waals surface area (Å²) < 4.78 is 17.8. The molecule has 2 heterocycles. The minimum absolute atomic E-state index is 0.0649.